The molecule has 1 aliphatic heterocycles. The van der Waals surface area contributed by atoms with Gasteiger partial charge in [-0.15, -0.1) is 0 Å². The van der Waals surface area contributed by atoms with Crippen LogP contribution in [0.25, 0.3) is 0 Å². The Bertz CT molecular complexity index is 244. The van der Waals surface area contributed by atoms with Crippen LogP contribution in [-0.4, -0.2) is 51.0 Å². The van der Waals surface area contributed by atoms with Crippen LogP contribution >= 0.6 is 0 Å². The van der Waals surface area contributed by atoms with Crippen molar-refractivity contribution in [3.05, 3.63) is 0 Å². The van der Waals surface area contributed by atoms with Crippen LogP contribution in [0.4, 0.5) is 0 Å². The summed E-state index contributed by atoms with van der Waals surface area (Å²) in [6, 6.07) is 0. The predicted molar refractivity (Wildman–Crippen MR) is 65.9 cm³/mol. The number of amides is 1. The average Bonchev–Trinajstić information content (AvgIpc) is 2.59. The second-order valence-corrected chi connectivity index (χ2v) is 5.01. The highest BCUT2D eigenvalue weighted by Gasteiger charge is 2.31. The minimum absolute atomic E-state index is 0.000642. The van der Waals surface area contributed by atoms with Gasteiger partial charge in [0.1, 0.15) is 0 Å². The minimum Gasteiger partial charge on any atom is -0.383 e. The summed E-state index contributed by atoms with van der Waals surface area (Å²) in [4.78, 5) is 11.3. The van der Waals surface area contributed by atoms with Crippen molar-refractivity contribution in [2.75, 3.05) is 33.4 Å². The fraction of sp³-hybridized carbons (Fsp3) is 0.917. The topological polar surface area (TPSA) is 59.6 Å². The lowest BCUT2D eigenvalue weighted by Crippen LogP contribution is -2.38. The fourth-order valence-electron chi connectivity index (χ4n) is 1.92. The van der Waals surface area contributed by atoms with Gasteiger partial charge in [0.15, 0.2) is 0 Å². The number of rotatable bonds is 7. The number of carbonyl (C=O) groups is 1. The molecule has 0 aromatic rings. The number of carbonyl (C=O) groups excluding carboxylic acids is 1. The highest BCUT2D eigenvalue weighted by Crippen LogP contribution is 2.28. The van der Waals surface area contributed by atoms with Crippen LogP contribution in [0, 0.1) is 0 Å². The van der Waals surface area contributed by atoms with Gasteiger partial charge >= 0.3 is 0 Å². The van der Waals surface area contributed by atoms with Crippen molar-refractivity contribution in [2.24, 2.45) is 0 Å². The molecule has 1 aliphatic rings. The molecule has 1 unspecified atom stereocenters. The molecule has 0 radical (unpaired) electrons. The first kappa shape index (κ1) is 14.4. The Morgan fingerprint density at radius 3 is 2.88 bits per heavy atom. The van der Waals surface area contributed by atoms with Crippen molar-refractivity contribution in [2.45, 2.75) is 38.4 Å². The van der Waals surface area contributed by atoms with Gasteiger partial charge in [-0.2, -0.15) is 0 Å². The summed E-state index contributed by atoms with van der Waals surface area (Å²) in [7, 11) is 1.61. The maximum Gasteiger partial charge on any atom is 0.234 e. The van der Waals surface area contributed by atoms with E-state index in [1.165, 1.54) is 0 Å². The monoisotopic (exact) mass is 244 g/mol. The standard InChI is InChI=1S/C12H24N2O3/c1-12(2)5-4-10(17-12)8-13-9-11(15)14-6-7-16-3/h10,13H,4-9H2,1-3H3,(H,14,15). The average molecular weight is 244 g/mol. The molecule has 1 heterocycles. The molecular formula is C12H24N2O3. The smallest absolute Gasteiger partial charge is 0.234 e. The second-order valence-electron chi connectivity index (χ2n) is 5.01. The SMILES string of the molecule is COCCNC(=O)CNCC1CCC(C)(C)O1. The summed E-state index contributed by atoms with van der Waals surface area (Å²) < 4.78 is 10.7. The molecule has 0 aliphatic carbocycles. The molecule has 2 N–H and O–H groups in total. The quantitative estimate of drug-likeness (QED) is 0.632. The van der Waals surface area contributed by atoms with Crippen LogP contribution in [0.2, 0.25) is 0 Å². The van der Waals surface area contributed by atoms with Gasteiger partial charge in [-0.25, -0.2) is 0 Å². The summed E-state index contributed by atoms with van der Waals surface area (Å²) >= 11 is 0. The van der Waals surface area contributed by atoms with Crippen LogP contribution < -0.4 is 10.6 Å². The molecule has 0 aromatic carbocycles. The minimum atomic E-state index is -0.00687. The highest BCUT2D eigenvalue weighted by molar-refractivity contribution is 5.77. The van der Waals surface area contributed by atoms with Crippen LogP contribution in [-0.2, 0) is 14.3 Å². The Morgan fingerprint density at radius 1 is 1.53 bits per heavy atom. The normalized spacial score (nSPS) is 22.6. The Hall–Kier alpha value is -0.650. The van der Waals surface area contributed by atoms with Gasteiger partial charge in [0.25, 0.3) is 0 Å². The summed E-state index contributed by atoms with van der Waals surface area (Å²) in [5.74, 6) is -0.000642. The summed E-state index contributed by atoms with van der Waals surface area (Å²) in [6.45, 7) is 6.38. The van der Waals surface area contributed by atoms with Gasteiger partial charge in [-0.3, -0.25) is 4.79 Å². The number of hydrogen-bond donors (Lipinski definition) is 2. The van der Waals surface area contributed by atoms with E-state index in [1.54, 1.807) is 7.11 Å². The molecule has 5 nitrogen and oxygen atoms in total. The molecule has 1 saturated heterocycles. The molecule has 17 heavy (non-hydrogen) atoms. The molecule has 5 heteroatoms. The Balaban J connectivity index is 2.02. The largest absolute Gasteiger partial charge is 0.383 e. The van der Waals surface area contributed by atoms with E-state index in [9.17, 15) is 4.79 Å². The van der Waals surface area contributed by atoms with E-state index in [4.69, 9.17) is 9.47 Å². The Morgan fingerprint density at radius 2 is 2.29 bits per heavy atom. The van der Waals surface area contributed by atoms with Gasteiger partial charge in [0, 0.05) is 20.2 Å². The van der Waals surface area contributed by atoms with Gasteiger partial charge in [0.05, 0.1) is 24.9 Å². The molecule has 1 amide bonds. The lowest BCUT2D eigenvalue weighted by molar-refractivity contribution is -0.120. The van der Waals surface area contributed by atoms with Gasteiger partial charge in [0.2, 0.25) is 5.91 Å². The van der Waals surface area contributed by atoms with E-state index in [1.807, 2.05) is 0 Å². The van der Waals surface area contributed by atoms with Crippen molar-refractivity contribution in [3.8, 4) is 0 Å². The second kappa shape index (κ2) is 6.93. The van der Waals surface area contributed by atoms with Crippen molar-refractivity contribution in [1.82, 2.24) is 10.6 Å². The predicted octanol–water partition coefficient (Wildman–Crippen LogP) is 0.296. The molecule has 0 saturated carbocycles. The van der Waals surface area contributed by atoms with E-state index in [-0.39, 0.29) is 17.6 Å². The molecular weight excluding hydrogens is 220 g/mol. The van der Waals surface area contributed by atoms with E-state index in [0.29, 0.717) is 19.7 Å². The molecule has 0 spiro atoms. The number of nitrogens with one attached hydrogen (secondary N) is 2. The van der Waals surface area contributed by atoms with E-state index >= 15 is 0 Å². The van der Waals surface area contributed by atoms with Crippen molar-refractivity contribution >= 4 is 5.91 Å². The van der Waals surface area contributed by atoms with E-state index in [0.717, 1.165) is 19.4 Å². The highest BCUT2D eigenvalue weighted by atomic mass is 16.5. The van der Waals surface area contributed by atoms with Gasteiger partial charge in [-0.05, 0) is 26.7 Å². The Kier molecular flexibility index (Phi) is 5.88. The van der Waals surface area contributed by atoms with Crippen LogP contribution in [0.5, 0.6) is 0 Å². The number of ether oxygens (including phenoxy) is 2. The fourth-order valence-corrected chi connectivity index (χ4v) is 1.92. The Labute approximate surface area is 103 Å². The third kappa shape index (κ3) is 6.00. The molecule has 1 fully saturated rings. The summed E-state index contributed by atoms with van der Waals surface area (Å²) in [5.41, 5.74) is -0.00687. The maximum absolute atomic E-state index is 11.3. The van der Waals surface area contributed by atoms with Crippen molar-refractivity contribution < 1.29 is 14.3 Å². The van der Waals surface area contributed by atoms with Crippen LogP contribution in [0.1, 0.15) is 26.7 Å². The third-order valence-corrected chi connectivity index (χ3v) is 2.84. The first-order valence-corrected chi connectivity index (χ1v) is 6.18. The zero-order chi connectivity index (χ0) is 12.7. The first-order chi connectivity index (χ1) is 8.03. The molecule has 100 valence electrons. The number of hydrogen-bond acceptors (Lipinski definition) is 4. The van der Waals surface area contributed by atoms with Crippen molar-refractivity contribution in [3.63, 3.8) is 0 Å². The van der Waals surface area contributed by atoms with Gasteiger partial charge < -0.3 is 20.1 Å². The zero-order valence-corrected chi connectivity index (χ0v) is 11.0. The van der Waals surface area contributed by atoms with Crippen LogP contribution in [0.15, 0.2) is 0 Å². The third-order valence-electron chi connectivity index (χ3n) is 2.84. The summed E-state index contributed by atoms with van der Waals surface area (Å²) in [5, 5.41) is 5.87. The lowest BCUT2D eigenvalue weighted by Gasteiger charge is -2.19. The van der Waals surface area contributed by atoms with E-state index in [2.05, 4.69) is 24.5 Å². The van der Waals surface area contributed by atoms with E-state index < -0.39 is 0 Å². The van der Waals surface area contributed by atoms with Crippen LogP contribution in [0.3, 0.4) is 0 Å². The number of methoxy groups -OCH3 is 1. The zero-order valence-electron chi connectivity index (χ0n) is 11.0. The summed E-state index contributed by atoms with van der Waals surface area (Å²) in [6.07, 6.45) is 2.38. The lowest BCUT2D eigenvalue weighted by atomic mass is 10.1. The molecule has 1 atom stereocenters. The van der Waals surface area contributed by atoms with Crippen molar-refractivity contribution in [1.29, 1.82) is 0 Å². The maximum atomic E-state index is 11.3. The van der Waals surface area contributed by atoms with Gasteiger partial charge in [-0.1, -0.05) is 0 Å². The molecule has 0 bridgehead atoms. The first-order valence-electron chi connectivity index (χ1n) is 6.18. The molecule has 1 rings (SSSR count). The molecule has 0 aromatic heterocycles.